The van der Waals surface area contributed by atoms with Crippen molar-refractivity contribution in [2.75, 3.05) is 24.0 Å². The summed E-state index contributed by atoms with van der Waals surface area (Å²) in [6, 6.07) is 27.5. The van der Waals surface area contributed by atoms with Crippen molar-refractivity contribution in [2.24, 2.45) is 0 Å². The maximum Gasteiger partial charge on any atom is 0.198 e. The number of para-hydroxylation sites is 3. The van der Waals surface area contributed by atoms with Gasteiger partial charge in [0.15, 0.2) is 5.88 Å². The summed E-state index contributed by atoms with van der Waals surface area (Å²) < 4.78 is 5.82. The highest BCUT2D eigenvalue weighted by Gasteiger charge is 2.29. The molecule has 0 aliphatic carbocycles. The molecule has 0 saturated carbocycles. The van der Waals surface area contributed by atoms with Gasteiger partial charge in [0, 0.05) is 29.3 Å². The summed E-state index contributed by atoms with van der Waals surface area (Å²) in [6.45, 7) is 0. The molecule has 3 aromatic carbocycles. The first-order valence-electron chi connectivity index (χ1n) is 9.67. The van der Waals surface area contributed by atoms with Crippen molar-refractivity contribution in [3.05, 3.63) is 102 Å². The van der Waals surface area contributed by atoms with E-state index in [1.807, 2.05) is 17.8 Å². The van der Waals surface area contributed by atoms with Crippen molar-refractivity contribution in [2.45, 2.75) is 10.3 Å². The molecular weight excluding hydrogens is 376 g/mol. The summed E-state index contributed by atoms with van der Waals surface area (Å²) in [6.07, 6.45) is 4.48. The number of methoxy groups -OCH3 is 1. The largest absolute Gasteiger partial charge is 0.482 e. The molecule has 2 aliphatic heterocycles. The Morgan fingerprint density at radius 3 is 2.31 bits per heavy atom. The molecule has 3 aromatic rings. The van der Waals surface area contributed by atoms with Crippen LogP contribution in [0, 0.1) is 0 Å². The fraction of sp³-hybridized carbons (Fsp3) is 0.120. The number of benzene rings is 3. The van der Waals surface area contributed by atoms with Gasteiger partial charge < -0.3 is 9.64 Å². The SMILES string of the molecule is COC1=C/C(=C/C2Sc3ccccc3N2C)c2ccccc2N1c1ccccc1. The van der Waals surface area contributed by atoms with Gasteiger partial charge in [0.1, 0.15) is 0 Å². The zero-order valence-corrected chi connectivity index (χ0v) is 17.3. The zero-order valence-electron chi connectivity index (χ0n) is 16.4. The van der Waals surface area contributed by atoms with E-state index in [1.54, 1.807) is 7.11 Å². The monoisotopic (exact) mass is 398 g/mol. The molecule has 1 unspecified atom stereocenters. The highest BCUT2D eigenvalue weighted by Crippen LogP contribution is 2.46. The van der Waals surface area contributed by atoms with Gasteiger partial charge in [-0.05, 0) is 42.0 Å². The topological polar surface area (TPSA) is 15.7 Å². The first-order chi connectivity index (χ1) is 14.3. The van der Waals surface area contributed by atoms with Crippen LogP contribution in [0.25, 0.3) is 5.57 Å². The molecule has 0 bridgehead atoms. The average Bonchev–Trinajstić information content (AvgIpc) is 3.09. The minimum absolute atomic E-state index is 0.244. The first-order valence-corrected chi connectivity index (χ1v) is 10.5. The fourth-order valence-corrected chi connectivity index (χ4v) is 5.17. The Kier molecular flexibility index (Phi) is 4.57. The van der Waals surface area contributed by atoms with Crippen LogP contribution < -0.4 is 9.80 Å². The zero-order chi connectivity index (χ0) is 19.8. The van der Waals surface area contributed by atoms with Crippen LogP contribution in [0.1, 0.15) is 5.56 Å². The molecule has 0 aromatic heterocycles. The smallest absolute Gasteiger partial charge is 0.198 e. The van der Waals surface area contributed by atoms with Crippen LogP contribution in [-0.2, 0) is 4.74 Å². The number of fused-ring (bicyclic) bond motifs is 2. The lowest BCUT2D eigenvalue weighted by molar-refractivity contribution is 0.286. The molecule has 5 rings (SSSR count). The molecule has 0 amide bonds. The van der Waals surface area contributed by atoms with Crippen LogP contribution in [0.15, 0.2) is 102 Å². The van der Waals surface area contributed by atoms with E-state index in [0.29, 0.717) is 0 Å². The third kappa shape index (κ3) is 3.10. The Labute approximate surface area is 175 Å². The Morgan fingerprint density at radius 1 is 0.862 bits per heavy atom. The lowest BCUT2D eigenvalue weighted by atomic mass is 9.98. The van der Waals surface area contributed by atoms with Crippen molar-refractivity contribution in [1.29, 1.82) is 0 Å². The lowest BCUT2D eigenvalue weighted by Gasteiger charge is -2.32. The van der Waals surface area contributed by atoms with Crippen LogP contribution in [-0.4, -0.2) is 19.5 Å². The molecule has 2 aliphatic rings. The molecular formula is C25H22N2OS. The highest BCUT2D eigenvalue weighted by molar-refractivity contribution is 8.00. The molecule has 4 heteroatoms. The second kappa shape index (κ2) is 7.37. The van der Waals surface area contributed by atoms with Crippen molar-refractivity contribution in [3.8, 4) is 0 Å². The molecule has 0 radical (unpaired) electrons. The van der Waals surface area contributed by atoms with E-state index in [2.05, 4.69) is 102 Å². The van der Waals surface area contributed by atoms with Gasteiger partial charge in [0.2, 0.25) is 0 Å². The Bertz CT molecular complexity index is 1110. The van der Waals surface area contributed by atoms with Crippen LogP contribution in [0.4, 0.5) is 17.1 Å². The number of nitrogens with zero attached hydrogens (tertiary/aromatic N) is 2. The van der Waals surface area contributed by atoms with Crippen molar-refractivity contribution >= 4 is 34.4 Å². The summed E-state index contributed by atoms with van der Waals surface area (Å²) in [5.74, 6) is 0.823. The number of hydrogen-bond acceptors (Lipinski definition) is 4. The maximum atomic E-state index is 5.82. The third-order valence-corrected chi connectivity index (χ3v) is 6.67. The Balaban J connectivity index is 1.60. The maximum absolute atomic E-state index is 5.82. The van der Waals surface area contributed by atoms with E-state index in [0.717, 1.165) is 17.3 Å². The van der Waals surface area contributed by atoms with Crippen molar-refractivity contribution in [1.82, 2.24) is 0 Å². The number of thioether (sulfide) groups is 1. The number of rotatable bonds is 3. The van der Waals surface area contributed by atoms with Gasteiger partial charge in [-0.15, -0.1) is 0 Å². The molecule has 3 nitrogen and oxygen atoms in total. The molecule has 0 N–H and O–H groups in total. The molecule has 29 heavy (non-hydrogen) atoms. The van der Waals surface area contributed by atoms with Gasteiger partial charge in [0.05, 0.1) is 23.9 Å². The minimum atomic E-state index is 0.244. The second-order valence-electron chi connectivity index (χ2n) is 7.08. The Hall–Kier alpha value is -3.11. The summed E-state index contributed by atoms with van der Waals surface area (Å²) in [5.41, 5.74) is 5.90. The van der Waals surface area contributed by atoms with Gasteiger partial charge in [-0.3, -0.25) is 4.90 Å². The summed E-state index contributed by atoms with van der Waals surface area (Å²) in [5, 5.41) is 0.244. The standard InChI is InChI=1S/C25H22N2OS/c1-26-22-14-8-9-15-23(22)29-25(26)17-18-16-24(28-2)27(19-10-4-3-5-11-19)21-13-7-6-12-20(18)21/h3-17,25H,1-2H3/b18-17-. The number of likely N-dealkylation sites (N-methyl/N-ethyl adjacent to an activating group) is 1. The van der Waals surface area contributed by atoms with Gasteiger partial charge >= 0.3 is 0 Å². The first kappa shape index (κ1) is 18.0. The molecule has 144 valence electrons. The number of hydrogen-bond donors (Lipinski definition) is 0. The van der Waals surface area contributed by atoms with E-state index in [1.165, 1.54) is 21.7 Å². The lowest BCUT2D eigenvalue weighted by Crippen LogP contribution is -2.25. The number of anilines is 3. The normalized spacial score (nSPS) is 19.0. The van der Waals surface area contributed by atoms with E-state index < -0.39 is 0 Å². The molecule has 0 saturated heterocycles. The summed E-state index contributed by atoms with van der Waals surface area (Å²) in [7, 11) is 3.89. The Morgan fingerprint density at radius 2 is 1.55 bits per heavy atom. The van der Waals surface area contributed by atoms with Crippen LogP contribution in [0.5, 0.6) is 0 Å². The van der Waals surface area contributed by atoms with Gasteiger partial charge in [-0.25, -0.2) is 0 Å². The molecule has 1 atom stereocenters. The van der Waals surface area contributed by atoms with E-state index in [4.69, 9.17) is 4.74 Å². The van der Waals surface area contributed by atoms with E-state index >= 15 is 0 Å². The van der Waals surface area contributed by atoms with Gasteiger partial charge in [-0.1, -0.05) is 60.3 Å². The molecule has 2 heterocycles. The second-order valence-corrected chi connectivity index (χ2v) is 8.24. The van der Waals surface area contributed by atoms with Crippen LogP contribution in [0.2, 0.25) is 0 Å². The predicted molar refractivity (Wildman–Crippen MR) is 123 cm³/mol. The summed E-state index contributed by atoms with van der Waals surface area (Å²) in [4.78, 5) is 5.83. The third-order valence-electron chi connectivity index (χ3n) is 5.38. The number of ether oxygens (including phenoxy) is 1. The van der Waals surface area contributed by atoms with Gasteiger partial charge in [0.25, 0.3) is 0 Å². The fourth-order valence-electron chi connectivity index (χ4n) is 3.93. The summed E-state index contributed by atoms with van der Waals surface area (Å²) >= 11 is 1.88. The van der Waals surface area contributed by atoms with Crippen LogP contribution >= 0.6 is 11.8 Å². The number of allylic oxidation sites excluding steroid dienone is 2. The van der Waals surface area contributed by atoms with Crippen LogP contribution in [0.3, 0.4) is 0 Å². The highest BCUT2D eigenvalue weighted by atomic mass is 32.2. The average molecular weight is 399 g/mol. The quantitative estimate of drug-likeness (QED) is 0.516. The van der Waals surface area contributed by atoms with Crippen molar-refractivity contribution < 1.29 is 4.74 Å². The predicted octanol–water partition coefficient (Wildman–Crippen LogP) is 6.28. The van der Waals surface area contributed by atoms with Crippen molar-refractivity contribution in [3.63, 3.8) is 0 Å². The minimum Gasteiger partial charge on any atom is -0.482 e. The molecule has 0 fully saturated rings. The molecule has 0 spiro atoms. The van der Waals surface area contributed by atoms with E-state index in [9.17, 15) is 0 Å². The van der Waals surface area contributed by atoms with Gasteiger partial charge in [-0.2, -0.15) is 0 Å². The van der Waals surface area contributed by atoms with E-state index in [-0.39, 0.29) is 5.37 Å².